The van der Waals surface area contributed by atoms with Gasteiger partial charge in [-0.1, -0.05) is 30.7 Å². The van der Waals surface area contributed by atoms with Crippen molar-refractivity contribution in [1.29, 1.82) is 0 Å². The van der Waals surface area contributed by atoms with Crippen LogP contribution in [0.5, 0.6) is 0 Å². The molecule has 0 aromatic rings. The van der Waals surface area contributed by atoms with Crippen LogP contribution in [0.15, 0.2) is 23.8 Å². The molecule has 5 aliphatic carbocycles. The third-order valence-corrected chi connectivity index (χ3v) is 7.33. The molecule has 5 rings (SSSR count). The molecule has 0 heteroatoms. The average Bonchev–Trinajstić information content (AvgIpc) is 3.23. The number of fused-ring (bicyclic) bond motifs is 7. The summed E-state index contributed by atoms with van der Waals surface area (Å²) in [5, 5.41) is 0. The SMILES string of the molecule is C1=CC2CCC1C2.CC1=CCC2C3CCC(C3)C2C1C. The average molecular weight is 270 g/mol. The predicted octanol–water partition coefficient (Wildman–Crippen LogP) is 5.61. The maximum Gasteiger partial charge on any atom is -0.0201 e. The Morgan fingerprint density at radius 2 is 1.60 bits per heavy atom. The minimum Gasteiger partial charge on any atom is -0.0851 e. The van der Waals surface area contributed by atoms with Gasteiger partial charge in [-0.2, -0.15) is 0 Å². The maximum atomic E-state index is 2.52. The Morgan fingerprint density at radius 1 is 0.900 bits per heavy atom. The van der Waals surface area contributed by atoms with E-state index >= 15 is 0 Å². The smallest absolute Gasteiger partial charge is 0.0201 e. The molecule has 0 heterocycles. The van der Waals surface area contributed by atoms with Crippen LogP contribution in [0.25, 0.3) is 0 Å². The van der Waals surface area contributed by atoms with Crippen LogP contribution >= 0.6 is 0 Å². The quantitative estimate of drug-likeness (QED) is 0.502. The number of hydrogen-bond donors (Lipinski definition) is 0. The van der Waals surface area contributed by atoms with Crippen LogP contribution in [0, 0.1) is 41.4 Å². The van der Waals surface area contributed by atoms with Gasteiger partial charge in [0.25, 0.3) is 0 Å². The van der Waals surface area contributed by atoms with Gasteiger partial charge in [-0.15, -0.1) is 0 Å². The zero-order valence-corrected chi connectivity index (χ0v) is 13.2. The van der Waals surface area contributed by atoms with E-state index in [1.807, 2.05) is 0 Å². The van der Waals surface area contributed by atoms with Crippen molar-refractivity contribution in [1.82, 2.24) is 0 Å². The van der Waals surface area contributed by atoms with Gasteiger partial charge in [-0.25, -0.2) is 0 Å². The van der Waals surface area contributed by atoms with E-state index in [4.69, 9.17) is 0 Å². The molecule has 3 saturated carbocycles. The highest BCUT2D eigenvalue weighted by molar-refractivity contribution is 5.15. The van der Waals surface area contributed by atoms with Gasteiger partial charge in [0.05, 0.1) is 0 Å². The Bertz CT molecular complexity index is 417. The fourth-order valence-corrected chi connectivity index (χ4v) is 6.11. The zero-order valence-electron chi connectivity index (χ0n) is 13.2. The van der Waals surface area contributed by atoms with Crippen molar-refractivity contribution in [2.75, 3.05) is 0 Å². The first-order valence-corrected chi connectivity index (χ1v) is 9.07. The second-order valence-electron chi connectivity index (χ2n) is 8.27. The van der Waals surface area contributed by atoms with E-state index in [0.29, 0.717) is 0 Å². The first-order chi connectivity index (χ1) is 9.72. The third-order valence-electron chi connectivity index (χ3n) is 7.33. The summed E-state index contributed by atoms with van der Waals surface area (Å²) >= 11 is 0. The van der Waals surface area contributed by atoms with Crippen LogP contribution in [0.2, 0.25) is 0 Å². The van der Waals surface area contributed by atoms with Crippen molar-refractivity contribution in [2.24, 2.45) is 41.4 Å². The van der Waals surface area contributed by atoms with Crippen LogP contribution in [0.3, 0.4) is 0 Å². The fourth-order valence-electron chi connectivity index (χ4n) is 6.11. The van der Waals surface area contributed by atoms with Crippen LogP contribution in [0.1, 0.15) is 58.8 Å². The Morgan fingerprint density at radius 3 is 2.20 bits per heavy atom. The van der Waals surface area contributed by atoms with E-state index in [1.54, 1.807) is 24.8 Å². The van der Waals surface area contributed by atoms with Gasteiger partial charge in [0.1, 0.15) is 0 Å². The van der Waals surface area contributed by atoms with Gasteiger partial charge in [0.15, 0.2) is 0 Å². The Balaban J connectivity index is 0.000000127. The van der Waals surface area contributed by atoms with Crippen molar-refractivity contribution >= 4 is 0 Å². The standard InChI is InChI=1S/C13H20.C7H10/c1-8-3-6-12-10-4-5-11(7-10)13(12)9(8)2;1-2-7-4-3-6(1)5-7/h3,9-13H,4-7H2,1-2H3;1-2,6-7H,3-5H2. The molecule has 0 spiro atoms. The molecule has 7 unspecified atom stereocenters. The van der Waals surface area contributed by atoms with E-state index < -0.39 is 0 Å². The lowest BCUT2D eigenvalue weighted by Gasteiger charge is -2.39. The summed E-state index contributed by atoms with van der Waals surface area (Å²) in [6, 6.07) is 0. The monoisotopic (exact) mass is 270 g/mol. The fraction of sp³-hybridized carbons (Fsp3) is 0.800. The summed E-state index contributed by atoms with van der Waals surface area (Å²) in [6.07, 6.45) is 17.8. The molecule has 0 nitrogen and oxygen atoms in total. The minimum atomic E-state index is 0.897. The summed E-state index contributed by atoms with van der Waals surface area (Å²) in [5.74, 6) is 7.25. The highest BCUT2D eigenvalue weighted by Crippen LogP contribution is 2.58. The third kappa shape index (κ3) is 2.11. The molecular formula is C20H30. The van der Waals surface area contributed by atoms with Gasteiger partial charge in [0, 0.05) is 0 Å². The van der Waals surface area contributed by atoms with Gasteiger partial charge < -0.3 is 0 Å². The molecule has 0 saturated heterocycles. The molecule has 110 valence electrons. The second-order valence-corrected chi connectivity index (χ2v) is 8.27. The van der Waals surface area contributed by atoms with Gasteiger partial charge in [-0.3, -0.25) is 0 Å². The van der Waals surface area contributed by atoms with Gasteiger partial charge in [-0.05, 0) is 93.3 Å². The molecule has 0 aromatic heterocycles. The lowest BCUT2D eigenvalue weighted by atomic mass is 9.66. The Labute approximate surface area is 124 Å². The molecule has 0 aliphatic heterocycles. The van der Waals surface area contributed by atoms with Crippen LogP contribution < -0.4 is 0 Å². The molecule has 7 atom stereocenters. The van der Waals surface area contributed by atoms with Crippen molar-refractivity contribution in [3.8, 4) is 0 Å². The van der Waals surface area contributed by atoms with E-state index in [1.165, 1.54) is 25.7 Å². The second kappa shape index (κ2) is 5.04. The summed E-state index contributed by atoms with van der Waals surface area (Å²) in [7, 11) is 0. The molecular weight excluding hydrogens is 240 g/mol. The molecule has 3 fully saturated rings. The molecule has 4 bridgehead atoms. The topological polar surface area (TPSA) is 0 Å². The Hall–Kier alpha value is -0.520. The minimum absolute atomic E-state index is 0.897. The summed E-state index contributed by atoms with van der Waals surface area (Å²) < 4.78 is 0. The maximum absolute atomic E-state index is 2.52. The molecule has 0 N–H and O–H groups in total. The first kappa shape index (κ1) is 13.2. The summed E-state index contributed by atoms with van der Waals surface area (Å²) in [4.78, 5) is 0. The van der Waals surface area contributed by atoms with Crippen molar-refractivity contribution in [3.05, 3.63) is 23.8 Å². The van der Waals surface area contributed by atoms with Crippen LogP contribution in [-0.4, -0.2) is 0 Å². The van der Waals surface area contributed by atoms with Crippen molar-refractivity contribution < 1.29 is 0 Å². The summed E-state index contributed by atoms with van der Waals surface area (Å²) in [5.41, 5.74) is 1.67. The van der Waals surface area contributed by atoms with Crippen molar-refractivity contribution in [2.45, 2.75) is 58.8 Å². The van der Waals surface area contributed by atoms with E-state index in [0.717, 1.165) is 41.4 Å². The normalized spacial score (nSPS) is 50.7. The Kier molecular flexibility index (Phi) is 3.32. The molecule has 0 aromatic carbocycles. The first-order valence-electron chi connectivity index (χ1n) is 9.07. The van der Waals surface area contributed by atoms with E-state index in [2.05, 4.69) is 32.1 Å². The lowest BCUT2D eigenvalue weighted by molar-refractivity contribution is 0.164. The molecule has 5 aliphatic rings. The van der Waals surface area contributed by atoms with E-state index in [9.17, 15) is 0 Å². The largest absolute Gasteiger partial charge is 0.0851 e. The van der Waals surface area contributed by atoms with Crippen LogP contribution in [-0.2, 0) is 0 Å². The van der Waals surface area contributed by atoms with Crippen LogP contribution in [0.4, 0.5) is 0 Å². The van der Waals surface area contributed by atoms with E-state index in [-0.39, 0.29) is 0 Å². The number of hydrogen-bond acceptors (Lipinski definition) is 0. The van der Waals surface area contributed by atoms with Crippen molar-refractivity contribution in [3.63, 3.8) is 0 Å². The predicted molar refractivity (Wildman–Crippen MR) is 85.3 cm³/mol. The highest BCUT2D eigenvalue weighted by atomic mass is 14.5. The molecule has 20 heavy (non-hydrogen) atoms. The molecule has 0 amide bonds. The lowest BCUT2D eigenvalue weighted by Crippen LogP contribution is -2.31. The van der Waals surface area contributed by atoms with Gasteiger partial charge in [0.2, 0.25) is 0 Å². The zero-order chi connectivity index (χ0) is 13.7. The highest BCUT2D eigenvalue weighted by Gasteiger charge is 2.50. The summed E-state index contributed by atoms with van der Waals surface area (Å²) in [6.45, 7) is 4.80. The molecule has 0 radical (unpaired) electrons. The van der Waals surface area contributed by atoms with Gasteiger partial charge >= 0.3 is 0 Å². The number of rotatable bonds is 0. The number of allylic oxidation sites excluding steroid dienone is 4.